The third-order valence-corrected chi connectivity index (χ3v) is 3.91. The van der Waals surface area contributed by atoms with Crippen LogP contribution in [0, 0.1) is 0 Å². The molecule has 0 aliphatic carbocycles. The van der Waals surface area contributed by atoms with Crippen LogP contribution in [0.3, 0.4) is 0 Å². The topological polar surface area (TPSA) is 51.5 Å². The molecule has 1 N–H and O–H groups in total. The molecule has 0 radical (unpaired) electrons. The van der Waals surface area contributed by atoms with Crippen molar-refractivity contribution in [2.45, 2.75) is 6.42 Å². The second-order valence-electron chi connectivity index (χ2n) is 5.23. The predicted octanol–water partition coefficient (Wildman–Crippen LogP) is 2.84. The fraction of sp³-hybridized carbons (Fsp3) is 0.167. The maximum atomic E-state index is 12.5. The van der Waals surface area contributed by atoms with Gasteiger partial charge < -0.3 is 14.4 Å². The van der Waals surface area contributed by atoms with Crippen LogP contribution in [0.1, 0.15) is 11.1 Å². The molecule has 1 heterocycles. The van der Waals surface area contributed by atoms with Crippen molar-refractivity contribution >= 4 is 10.9 Å². The van der Waals surface area contributed by atoms with E-state index in [1.807, 2.05) is 48.5 Å². The molecule has 4 nitrogen and oxygen atoms in total. The van der Waals surface area contributed by atoms with E-state index in [9.17, 15) is 9.90 Å². The average Bonchev–Trinajstić information content (AvgIpc) is 2.57. The summed E-state index contributed by atoms with van der Waals surface area (Å²) in [7, 11) is 3.33. The quantitative estimate of drug-likeness (QED) is 0.808. The summed E-state index contributed by atoms with van der Waals surface area (Å²) >= 11 is 0. The molecule has 0 amide bonds. The van der Waals surface area contributed by atoms with Crippen molar-refractivity contribution in [3.05, 3.63) is 70.0 Å². The normalized spacial score (nSPS) is 10.8. The first-order chi connectivity index (χ1) is 10.6. The maximum absolute atomic E-state index is 12.5. The lowest BCUT2D eigenvalue weighted by atomic mass is 10.0. The largest absolute Gasteiger partial charge is 0.507 e. The fourth-order valence-electron chi connectivity index (χ4n) is 2.65. The summed E-state index contributed by atoms with van der Waals surface area (Å²) < 4.78 is 6.71. The number of aromatic hydroxyl groups is 1. The molecule has 0 atom stereocenters. The minimum Gasteiger partial charge on any atom is -0.507 e. The number of fused-ring (bicyclic) bond motifs is 1. The molecule has 0 fully saturated rings. The molecule has 0 spiro atoms. The van der Waals surface area contributed by atoms with E-state index in [0.29, 0.717) is 17.4 Å². The predicted molar refractivity (Wildman–Crippen MR) is 86.7 cm³/mol. The Hall–Kier alpha value is -2.75. The van der Waals surface area contributed by atoms with Crippen LogP contribution in [0.25, 0.3) is 10.9 Å². The van der Waals surface area contributed by atoms with Gasteiger partial charge in [-0.15, -0.1) is 0 Å². The van der Waals surface area contributed by atoms with Crippen molar-refractivity contribution in [2.75, 3.05) is 7.11 Å². The van der Waals surface area contributed by atoms with Crippen molar-refractivity contribution < 1.29 is 9.84 Å². The number of hydrogen-bond acceptors (Lipinski definition) is 3. The van der Waals surface area contributed by atoms with E-state index in [1.165, 1.54) is 0 Å². The van der Waals surface area contributed by atoms with E-state index in [0.717, 1.165) is 16.8 Å². The molecular weight excluding hydrogens is 278 g/mol. The van der Waals surface area contributed by atoms with Crippen molar-refractivity contribution in [1.82, 2.24) is 4.57 Å². The number of hydrogen-bond donors (Lipinski definition) is 1. The number of ether oxygens (including phenoxy) is 1. The summed E-state index contributed by atoms with van der Waals surface area (Å²) in [6.45, 7) is 0. The van der Waals surface area contributed by atoms with Crippen LogP contribution in [0.4, 0.5) is 0 Å². The third-order valence-electron chi connectivity index (χ3n) is 3.91. The first kappa shape index (κ1) is 14.2. The minimum atomic E-state index is -0.174. The molecule has 0 unspecified atom stereocenters. The van der Waals surface area contributed by atoms with Gasteiger partial charge in [0.15, 0.2) is 0 Å². The number of methoxy groups -OCH3 is 1. The summed E-state index contributed by atoms with van der Waals surface area (Å²) in [5.41, 5.74) is 1.91. The van der Waals surface area contributed by atoms with E-state index in [1.54, 1.807) is 18.7 Å². The highest BCUT2D eigenvalue weighted by molar-refractivity contribution is 5.86. The highest BCUT2D eigenvalue weighted by Crippen LogP contribution is 2.27. The Morgan fingerprint density at radius 2 is 1.77 bits per heavy atom. The number of aryl methyl sites for hydroxylation is 1. The molecule has 1 aromatic heterocycles. The smallest absolute Gasteiger partial charge is 0.258 e. The highest BCUT2D eigenvalue weighted by Gasteiger charge is 2.14. The van der Waals surface area contributed by atoms with Gasteiger partial charge in [0.05, 0.1) is 18.2 Å². The van der Waals surface area contributed by atoms with Crippen LogP contribution in [-0.4, -0.2) is 16.8 Å². The first-order valence-electron chi connectivity index (χ1n) is 7.04. The average molecular weight is 295 g/mol. The van der Waals surface area contributed by atoms with Crippen LogP contribution < -0.4 is 10.3 Å². The molecule has 0 aliphatic heterocycles. The van der Waals surface area contributed by atoms with Gasteiger partial charge in [-0.1, -0.05) is 24.3 Å². The van der Waals surface area contributed by atoms with Gasteiger partial charge in [0.2, 0.25) is 0 Å². The molecular formula is C18H17NO3. The maximum Gasteiger partial charge on any atom is 0.258 e. The lowest BCUT2D eigenvalue weighted by molar-refractivity contribution is 0.414. The molecule has 2 aromatic carbocycles. The molecule has 3 aromatic rings. The Labute approximate surface area is 128 Å². The SMILES string of the molecule is COc1ccc(Cc2c(O)c3ccccc3n(C)c2=O)cc1. The minimum absolute atomic E-state index is 0.0644. The number of nitrogens with zero attached hydrogens (tertiary/aromatic N) is 1. The molecule has 0 aliphatic rings. The lowest BCUT2D eigenvalue weighted by Gasteiger charge is -2.12. The Morgan fingerprint density at radius 1 is 1.09 bits per heavy atom. The molecule has 0 bridgehead atoms. The van der Waals surface area contributed by atoms with Crippen LogP contribution in [0.15, 0.2) is 53.3 Å². The summed E-state index contributed by atoms with van der Waals surface area (Å²) in [5, 5.41) is 11.2. The molecule has 0 saturated carbocycles. The Kier molecular flexibility index (Phi) is 3.59. The van der Waals surface area contributed by atoms with Crippen molar-refractivity contribution in [1.29, 1.82) is 0 Å². The number of aromatic nitrogens is 1. The Morgan fingerprint density at radius 3 is 2.45 bits per heavy atom. The van der Waals surface area contributed by atoms with Crippen LogP contribution in [0.2, 0.25) is 0 Å². The Bertz CT molecular complexity index is 879. The first-order valence-corrected chi connectivity index (χ1v) is 7.04. The van der Waals surface area contributed by atoms with Gasteiger partial charge in [0.1, 0.15) is 11.5 Å². The zero-order chi connectivity index (χ0) is 15.7. The molecule has 3 rings (SSSR count). The van der Waals surface area contributed by atoms with Crippen LogP contribution in [-0.2, 0) is 13.5 Å². The third kappa shape index (κ3) is 2.33. The van der Waals surface area contributed by atoms with E-state index >= 15 is 0 Å². The summed E-state index contributed by atoms with van der Waals surface area (Å²) in [5.74, 6) is 0.828. The van der Waals surface area contributed by atoms with Gasteiger partial charge in [-0.05, 0) is 29.8 Å². The van der Waals surface area contributed by atoms with Gasteiger partial charge in [-0.2, -0.15) is 0 Å². The van der Waals surface area contributed by atoms with Gasteiger partial charge >= 0.3 is 0 Å². The zero-order valence-corrected chi connectivity index (χ0v) is 12.5. The number of para-hydroxylation sites is 1. The van der Waals surface area contributed by atoms with Gasteiger partial charge in [-0.3, -0.25) is 4.79 Å². The summed E-state index contributed by atoms with van der Waals surface area (Å²) in [6.07, 6.45) is 0.382. The van der Waals surface area contributed by atoms with E-state index in [2.05, 4.69) is 0 Å². The van der Waals surface area contributed by atoms with Crippen molar-refractivity contribution in [3.63, 3.8) is 0 Å². The number of pyridine rings is 1. The molecule has 22 heavy (non-hydrogen) atoms. The standard InChI is InChI=1S/C18H17NO3/c1-19-16-6-4-3-5-14(16)17(20)15(18(19)21)11-12-7-9-13(22-2)10-8-12/h3-10,20H,11H2,1-2H3. The zero-order valence-electron chi connectivity index (χ0n) is 12.5. The Balaban J connectivity index is 2.12. The van der Waals surface area contributed by atoms with Gasteiger partial charge in [-0.25, -0.2) is 0 Å². The molecule has 0 saturated heterocycles. The van der Waals surface area contributed by atoms with Crippen LogP contribution >= 0.6 is 0 Å². The summed E-state index contributed by atoms with van der Waals surface area (Å²) in [4.78, 5) is 12.5. The number of benzene rings is 2. The second-order valence-corrected chi connectivity index (χ2v) is 5.23. The fourth-order valence-corrected chi connectivity index (χ4v) is 2.65. The highest BCUT2D eigenvalue weighted by atomic mass is 16.5. The second kappa shape index (κ2) is 5.56. The van der Waals surface area contributed by atoms with Crippen LogP contribution in [0.5, 0.6) is 11.5 Å². The molecule has 4 heteroatoms. The van der Waals surface area contributed by atoms with Gasteiger partial charge in [0.25, 0.3) is 5.56 Å². The van der Waals surface area contributed by atoms with E-state index in [4.69, 9.17) is 4.74 Å². The van der Waals surface area contributed by atoms with E-state index in [-0.39, 0.29) is 11.3 Å². The van der Waals surface area contributed by atoms with Crippen molar-refractivity contribution in [2.24, 2.45) is 7.05 Å². The molecule has 112 valence electrons. The van der Waals surface area contributed by atoms with Crippen molar-refractivity contribution in [3.8, 4) is 11.5 Å². The van der Waals surface area contributed by atoms with Gasteiger partial charge in [0, 0.05) is 18.9 Å². The lowest BCUT2D eigenvalue weighted by Crippen LogP contribution is -2.21. The number of rotatable bonds is 3. The monoisotopic (exact) mass is 295 g/mol. The summed E-state index contributed by atoms with van der Waals surface area (Å²) in [6, 6.07) is 14.8. The van der Waals surface area contributed by atoms with E-state index < -0.39 is 0 Å².